The summed E-state index contributed by atoms with van der Waals surface area (Å²) < 4.78 is 0. The van der Waals surface area contributed by atoms with Gasteiger partial charge >= 0.3 is 0 Å². The van der Waals surface area contributed by atoms with Crippen molar-refractivity contribution in [3.8, 4) is 0 Å². The van der Waals surface area contributed by atoms with Gasteiger partial charge in [0.1, 0.15) is 18.2 Å². The number of amides is 3. The molecule has 2 fully saturated rings. The lowest BCUT2D eigenvalue weighted by Crippen LogP contribution is -2.53. The largest absolute Gasteiger partial charge is 0.383 e. The van der Waals surface area contributed by atoms with Gasteiger partial charge in [-0.05, 0) is 48.9 Å². The third kappa shape index (κ3) is 5.72. The average Bonchev–Trinajstić information content (AvgIpc) is 3.42. The summed E-state index contributed by atoms with van der Waals surface area (Å²) in [6.07, 6.45) is 0.368. The molecule has 5 unspecified atom stereocenters. The monoisotopic (exact) mass is 500 g/mol. The second-order valence-electron chi connectivity index (χ2n) is 10.7. The number of hydrogen-bond acceptors (Lipinski definition) is 6. The van der Waals surface area contributed by atoms with Gasteiger partial charge in [0.2, 0.25) is 5.91 Å². The van der Waals surface area contributed by atoms with Crippen LogP contribution in [0.1, 0.15) is 57.3 Å². The molecule has 0 radical (unpaired) electrons. The maximum absolute atomic E-state index is 13.6. The number of fused-ring (bicyclic) bond motifs is 1. The molecule has 2 aliphatic rings. The van der Waals surface area contributed by atoms with Crippen LogP contribution in [0.5, 0.6) is 0 Å². The number of ketones is 1. The number of carbonyl (C=O) groups excluding carboxylic acids is 4. The first-order valence-corrected chi connectivity index (χ1v) is 12.9. The number of anilines is 1. The van der Waals surface area contributed by atoms with E-state index in [9.17, 15) is 24.3 Å². The van der Waals surface area contributed by atoms with Crippen LogP contribution in [0.4, 0.5) is 5.69 Å². The van der Waals surface area contributed by atoms with Gasteiger partial charge in [-0.25, -0.2) is 0 Å². The Bertz CT molecular complexity index is 977. The van der Waals surface area contributed by atoms with Gasteiger partial charge in [-0.2, -0.15) is 0 Å². The van der Waals surface area contributed by atoms with E-state index in [1.165, 1.54) is 9.80 Å². The van der Waals surface area contributed by atoms with Gasteiger partial charge in [0.15, 0.2) is 5.78 Å². The topological polar surface area (TPSA) is 110 Å². The first kappa shape index (κ1) is 27.6. The molecule has 1 aromatic carbocycles. The number of Topliss-reactive ketones (excluding diaryl/α,β-unsaturated/α-hetero) is 1. The van der Waals surface area contributed by atoms with E-state index in [-0.39, 0.29) is 36.0 Å². The molecule has 3 rings (SSSR count). The second-order valence-corrected chi connectivity index (χ2v) is 10.7. The Balaban J connectivity index is 1.75. The van der Waals surface area contributed by atoms with Gasteiger partial charge in [0.25, 0.3) is 11.8 Å². The van der Waals surface area contributed by atoms with Crippen molar-refractivity contribution in [1.82, 2.24) is 15.1 Å². The van der Waals surface area contributed by atoms with E-state index in [0.29, 0.717) is 31.4 Å². The summed E-state index contributed by atoms with van der Waals surface area (Å²) >= 11 is 0. The molecule has 2 saturated heterocycles. The summed E-state index contributed by atoms with van der Waals surface area (Å²) in [7, 11) is 3.83. The number of likely N-dealkylation sites (tertiary alicyclic amines) is 2. The normalized spacial score (nSPS) is 21.8. The Morgan fingerprint density at radius 3 is 2.28 bits per heavy atom. The summed E-state index contributed by atoms with van der Waals surface area (Å²) in [5, 5.41) is 13.3. The van der Waals surface area contributed by atoms with Crippen LogP contribution in [0.15, 0.2) is 24.3 Å². The van der Waals surface area contributed by atoms with E-state index in [0.717, 1.165) is 5.69 Å². The minimum Gasteiger partial charge on any atom is -0.383 e. The van der Waals surface area contributed by atoms with Crippen molar-refractivity contribution in [3.05, 3.63) is 29.8 Å². The van der Waals surface area contributed by atoms with E-state index in [1.54, 1.807) is 19.1 Å². The average molecular weight is 501 g/mol. The Hall–Kier alpha value is -2.94. The zero-order chi connectivity index (χ0) is 26.7. The zero-order valence-corrected chi connectivity index (χ0v) is 22.2. The summed E-state index contributed by atoms with van der Waals surface area (Å²) in [5.74, 6) is -1.39. The standard InChI is InChI=1S/C27H40N4O5/c1-7-17(4)24(33)27(36)31-15-22(32)23-21(31)12-13-30(23)26(35)20(14-16(2)3)28-25(34)18-8-10-19(11-9-18)29(5)6/h8-11,16-17,20-21,23-24,33H,7,12-15H2,1-6H3,(H,28,34). The maximum atomic E-state index is 13.6. The fourth-order valence-corrected chi connectivity index (χ4v) is 5.04. The Morgan fingerprint density at radius 2 is 1.72 bits per heavy atom. The molecule has 36 heavy (non-hydrogen) atoms. The first-order valence-electron chi connectivity index (χ1n) is 12.9. The molecule has 198 valence electrons. The maximum Gasteiger partial charge on any atom is 0.252 e. The van der Waals surface area contributed by atoms with Crippen LogP contribution in [-0.4, -0.2) is 89.8 Å². The van der Waals surface area contributed by atoms with Crippen LogP contribution in [-0.2, 0) is 14.4 Å². The van der Waals surface area contributed by atoms with Crippen molar-refractivity contribution in [2.24, 2.45) is 11.8 Å². The molecular formula is C27H40N4O5. The van der Waals surface area contributed by atoms with E-state index in [4.69, 9.17) is 0 Å². The molecule has 0 aromatic heterocycles. The van der Waals surface area contributed by atoms with E-state index >= 15 is 0 Å². The van der Waals surface area contributed by atoms with Gasteiger partial charge in [0.05, 0.1) is 12.6 Å². The van der Waals surface area contributed by atoms with Crippen molar-refractivity contribution in [3.63, 3.8) is 0 Å². The molecule has 9 nitrogen and oxygen atoms in total. The SMILES string of the molecule is CCC(C)C(O)C(=O)N1CC(=O)C2C1CCN2C(=O)C(CC(C)C)NC(=O)c1ccc(N(C)C)cc1. The lowest BCUT2D eigenvalue weighted by Gasteiger charge is -2.29. The quantitative estimate of drug-likeness (QED) is 0.534. The van der Waals surface area contributed by atoms with Gasteiger partial charge in [0, 0.05) is 31.9 Å². The van der Waals surface area contributed by atoms with Gasteiger partial charge in [-0.1, -0.05) is 34.1 Å². The van der Waals surface area contributed by atoms with Crippen molar-refractivity contribution in [2.45, 2.75) is 71.2 Å². The van der Waals surface area contributed by atoms with Crippen LogP contribution in [0.25, 0.3) is 0 Å². The number of aliphatic hydroxyl groups is 1. The molecule has 2 aliphatic heterocycles. The molecule has 0 saturated carbocycles. The predicted molar refractivity (Wildman–Crippen MR) is 138 cm³/mol. The number of rotatable bonds is 9. The summed E-state index contributed by atoms with van der Waals surface area (Å²) in [6.45, 7) is 7.87. The predicted octanol–water partition coefficient (Wildman–Crippen LogP) is 1.68. The van der Waals surface area contributed by atoms with Crippen molar-refractivity contribution in [1.29, 1.82) is 0 Å². The molecule has 1 aromatic rings. The van der Waals surface area contributed by atoms with Gasteiger partial charge in [-0.15, -0.1) is 0 Å². The Morgan fingerprint density at radius 1 is 1.08 bits per heavy atom. The summed E-state index contributed by atoms with van der Waals surface area (Å²) in [6, 6.07) is 5.16. The molecule has 3 amide bonds. The van der Waals surface area contributed by atoms with Crippen LogP contribution < -0.4 is 10.2 Å². The van der Waals surface area contributed by atoms with Crippen LogP contribution >= 0.6 is 0 Å². The third-order valence-corrected chi connectivity index (χ3v) is 7.38. The van der Waals surface area contributed by atoms with Crippen molar-refractivity contribution in [2.75, 3.05) is 32.1 Å². The first-order chi connectivity index (χ1) is 17.0. The van der Waals surface area contributed by atoms with Crippen LogP contribution in [0.3, 0.4) is 0 Å². The highest BCUT2D eigenvalue weighted by atomic mass is 16.3. The third-order valence-electron chi connectivity index (χ3n) is 7.38. The lowest BCUT2D eigenvalue weighted by molar-refractivity contribution is -0.144. The van der Waals surface area contributed by atoms with Gasteiger partial charge < -0.3 is 25.1 Å². The minimum absolute atomic E-state index is 0.106. The van der Waals surface area contributed by atoms with Crippen molar-refractivity contribution < 1.29 is 24.3 Å². The smallest absolute Gasteiger partial charge is 0.252 e. The number of nitrogens with one attached hydrogen (secondary N) is 1. The van der Waals surface area contributed by atoms with Gasteiger partial charge in [-0.3, -0.25) is 19.2 Å². The molecule has 2 N–H and O–H groups in total. The molecule has 0 bridgehead atoms. The molecular weight excluding hydrogens is 460 g/mol. The highest BCUT2D eigenvalue weighted by molar-refractivity contribution is 6.01. The molecule has 0 spiro atoms. The summed E-state index contributed by atoms with van der Waals surface area (Å²) in [5.41, 5.74) is 1.41. The molecule has 0 aliphatic carbocycles. The van der Waals surface area contributed by atoms with E-state index < -0.39 is 30.1 Å². The van der Waals surface area contributed by atoms with Crippen LogP contribution in [0, 0.1) is 11.8 Å². The molecule has 2 heterocycles. The number of carbonyl (C=O) groups is 4. The fraction of sp³-hybridized carbons (Fsp3) is 0.630. The molecule has 9 heteroatoms. The van der Waals surface area contributed by atoms with E-state index in [2.05, 4.69) is 5.32 Å². The number of benzene rings is 1. The number of nitrogens with zero attached hydrogens (tertiary/aromatic N) is 3. The summed E-state index contributed by atoms with van der Waals surface area (Å²) in [4.78, 5) is 57.4. The number of aliphatic hydroxyl groups excluding tert-OH is 1. The Kier molecular flexibility index (Phi) is 8.76. The second kappa shape index (κ2) is 11.4. The van der Waals surface area contributed by atoms with Crippen molar-refractivity contribution >= 4 is 29.2 Å². The lowest BCUT2D eigenvalue weighted by atomic mass is 10.00. The van der Waals surface area contributed by atoms with Crippen LogP contribution in [0.2, 0.25) is 0 Å². The highest BCUT2D eigenvalue weighted by Crippen LogP contribution is 2.32. The fourth-order valence-electron chi connectivity index (χ4n) is 5.04. The molecule has 5 atom stereocenters. The minimum atomic E-state index is -1.17. The highest BCUT2D eigenvalue weighted by Gasteiger charge is 2.53. The Labute approximate surface area is 213 Å². The van der Waals surface area contributed by atoms with E-state index in [1.807, 2.05) is 51.9 Å². The zero-order valence-electron chi connectivity index (χ0n) is 22.2. The number of hydrogen-bond donors (Lipinski definition) is 2.